The number of amides is 3. The molecule has 0 fully saturated rings. The van der Waals surface area contributed by atoms with Gasteiger partial charge in [0.2, 0.25) is 0 Å². The Hall–Kier alpha value is -3.10. The van der Waals surface area contributed by atoms with Gasteiger partial charge in [0.25, 0.3) is 0 Å². The normalized spacial score (nSPS) is 13.0. The second-order valence-corrected chi connectivity index (χ2v) is 6.23. The predicted octanol–water partition coefficient (Wildman–Crippen LogP) is 2.18. The van der Waals surface area contributed by atoms with Crippen molar-refractivity contribution in [2.45, 2.75) is 32.7 Å². The summed E-state index contributed by atoms with van der Waals surface area (Å²) in [6, 6.07) is 5.24. The number of carbonyl (C=O) groups excluding carboxylic acids is 2. The minimum absolute atomic E-state index is 0.279. The lowest BCUT2D eigenvalue weighted by atomic mass is 10.0. The summed E-state index contributed by atoms with van der Waals surface area (Å²) in [6.45, 7) is 3.91. The van der Waals surface area contributed by atoms with E-state index in [-0.39, 0.29) is 12.1 Å². The number of benzene rings is 1. The summed E-state index contributed by atoms with van der Waals surface area (Å²) < 4.78 is 6.77. The van der Waals surface area contributed by atoms with Crippen LogP contribution in [0.15, 0.2) is 24.5 Å². The Morgan fingerprint density at radius 2 is 2.19 bits per heavy atom. The first kappa shape index (κ1) is 18.7. The zero-order valence-corrected chi connectivity index (χ0v) is 15.6. The van der Waals surface area contributed by atoms with Gasteiger partial charge in [-0.05, 0) is 43.5 Å². The van der Waals surface area contributed by atoms with Crippen LogP contribution in [0.1, 0.15) is 24.7 Å². The van der Waals surface area contributed by atoms with E-state index in [1.807, 2.05) is 23.6 Å². The standard InChI is InChI=1S/C18H24N6O3/c1-3-23-12-20-22-16(23)8-9-19-17(25)21-14-6-7-15-13(11-14)5-4-10-24(15)18(26)27-2/h6-7,11-12H,3-5,8-10H2,1-2H3,(H2,19,21,25). The van der Waals surface area contributed by atoms with E-state index in [2.05, 4.69) is 20.8 Å². The fourth-order valence-corrected chi connectivity index (χ4v) is 3.17. The van der Waals surface area contributed by atoms with Crippen molar-refractivity contribution >= 4 is 23.5 Å². The number of aryl methyl sites for hydroxylation is 2. The number of nitrogens with zero attached hydrogens (tertiary/aromatic N) is 4. The molecule has 0 unspecified atom stereocenters. The number of fused-ring (bicyclic) bond motifs is 1. The average molecular weight is 372 g/mol. The van der Waals surface area contributed by atoms with E-state index in [0.29, 0.717) is 25.2 Å². The van der Waals surface area contributed by atoms with Gasteiger partial charge >= 0.3 is 12.1 Å². The SMILES string of the molecule is CCn1cnnc1CCNC(=O)Nc1ccc2c(c1)CCCN2C(=O)OC. The zero-order valence-electron chi connectivity index (χ0n) is 15.6. The van der Waals surface area contributed by atoms with Crippen molar-refractivity contribution in [3.05, 3.63) is 35.9 Å². The highest BCUT2D eigenvalue weighted by molar-refractivity contribution is 5.92. The first-order valence-corrected chi connectivity index (χ1v) is 9.02. The molecule has 1 aliphatic heterocycles. The largest absolute Gasteiger partial charge is 0.452 e. The molecular weight excluding hydrogens is 348 g/mol. The van der Waals surface area contributed by atoms with Crippen molar-refractivity contribution in [2.24, 2.45) is 0 Å². The first-order chi connectivity index (χ1) is 13.1. The van der Waals surface area contributed by atoms with E-state index in [1.54, 1.807) is 17.3 Å². The molecule has 0 atom stereocenters. The van der Waals surface area contributed by atoms with Gasteiger partial charge in [-0.1, -0.05) is 0 Å². The molecule has 0 saturated heterocycles. The van der Waals surface area contributed by atoms with Gasteiger partial charge in [-0.25, -0.2) is 9.59 Å². The predicted molar refractivity (Wildman–Crippen MR) is 101 cm³/mol. The molecule has 3 amide bonds. The lowest BCUT2D eigenvalue weighted by Gasteiger charge is -2.28. The van der Waals surface area contributed by atoms with Crippen LogP contribution in [0.4, 0.5) is 21.0 Å². The Morgan fingerprint density at radius 1 is 1.33 bits per heavy atom. The summed E-state index contributed by atoms with van der Waals surface area (Å²) in [6.07, 6.45) is 3.64. The van der Waals surface area contributed by atoms with Crippen molar-refractivity contribution in [2.75, 3.05) is 30.4 Å². The third kappa shape index (κ3) is 4.36. The summed E-state index contributed by atoms with van der Waals surface area (Å²) >= 11 is 0. The number of ether oxygens (including phenoxy) is 1. The molecule has 2 N–H and O–H groups in total. The average Bonchev–Trinajstić information content (AvgIpc) is 3.14. The number of carbonyl (C=O) groups is 2. The fraction of sp³-hybridized carbons (Fsp3) is 0.444. The smallest absolute Gasteiger partial charge is 0.414 e. The second-order valence-electron chi connectivity index (χ2n) is 6.23. The molecule has 9 heteroatoms. The van der Waals surface area contributed by atoms with Gasteiger partial charge in [-0.3, -0.25) is 4.90 Å². The summed E-state index contributed by atoms with van der Waals surface area (Å²) in [4.78, 5) is 25.6. The molecule has 9 nitrogen and oxygen atoms in total. The highest BCUT2D eigenvalue weighted by Crippen LogP contribution is 2.30. The molecule has 1 aromatic carbocycles. The van der Waals surface area contributed by atoms with E-state index in [9.17, 15) is 9.59 Å². The molecular formula is C18H24N6O3. The molecule has 144 valence electrons. The van der Waals surface area contributed by atoms with E-state index in [0.717, 1.165) is 36.5 Å². The summed E-state index contributed by atoms with van der Waals surface area (Å²) in [5.74, 6) is 0.842. The van der Waals surface area contributed by atoms with Crippen molar-refractivity contribution in [1.82, 2.24) is 20.1 Å². The molecule has 0 radical (unpaired) electrons. The monoisotopic (exact) mass is 372 g/mol. The van der Waals surface area contributed by atoms with Crippen LogP contribution >= 0.6 is 0 Å². The van der Waals surface area contributed by atoms with E-state index < -0.39 is 0 Å². The topological polar surface area (TPSA) is 101 Å². The van der Waals surface area contributed by atoms with Crippen LogP contribution < -0.4 is 15.5 Å². The van der Waals surface area contributed by atoms with Crippen LogP contribution in [0.25, 0.3) is 0 Å². The molecule has 2 aromatic rings. The van der Waals surface area contributed by atoms with Gasteiger partial charge in [0.1, 0.15) is 12.2 Å². The zero-order chi connectivity index (χ0) is 19.2. The maximum atomic E-state index is 12.1. The van der Waals surface area contributed by atoms with Gasteiger partial charge in [-0.15, -0.1) is 10.2 Å². The van der Waals surface area contributed by atoms with Crippen LogP contribution in [0.2, 0.25) is 0 Å². The minimum Gasteiger partial charge on any atom is -0.452 e. The first-order valence-electron chi connectivity index (χ1n) is 9.02. The van der Waals surface area contributed by atoms with Crippen LogP contribution in [0.3, 0.4) is 0 Å². The molecule has 1 aromatic heterocycles. The maximum absolute atomic E-state index is 12.1. The van der Waals surface area contributed by atoms with Crippen LogP contribution in [-0.4, -0.2) is 47.1 Å². The number of nitrogens with one attached hydrogen (secondary N) is 2. The maximum Gasteiger partial charge on any atom is 0.414 e. The van der Waals surface area contributed by atoms with Crippen molar-refractivity contribution in [3.63, 3.8) is 0 Å². The Bertz CT molecular complexity index is 819. The Morgan fingerprint density at radius 3 is 2.96 bits per heavy atom. The number of hydrogen-bond donors (Lipinski definition) is 2. The van der Waals surface area contributed by atoms with Gasteiger partial charge in [-0.2, -0.15) is 0 Å². The summed E-state index contributed by atoms with van der Waals surface area (Å²) in [5.41, 5.74) is 2.54. The second kappa shape index (κ2) is 8.52. The number of hydrogen-bond acceptors (Lipinski definition) is 5. The van der Waals surface area contributed by atoms with Crippen LogP contribution in [0, 0.1) is 0 Å². The number of anilines is 2. The number of aromatic nitrogens is 3. The molecule has 0 spiro atoms. The van der Waals surface area contributed by atoms with Crippen molar-refractivity contribution < 1.29 is 14.3 Å². The van der Waals surface area contributed by atoms with Crippen molar-refractivity contribution in [1.29, 1.82) is 0 Å². The Kier molecular flexibility index (Phi) is 5.90. The lowest BCUT2D eigenvalue weighted by molar-refractivity contribution is 0.178. The van der Waals surface area contributed by atoms with Gasteiger partial charge in [0, 0.05) is 31.7 Å². The third-order valence-electron chi connectivity index (χ3n) is 4.52. The molecule has 3 rings (SSSR count). The van der Waals surface area contributed by atoms with Gasteiger partial charge in [0.15, 0.2) is 0 Å². The lowest BCUT2D eigenvalue weighted by Crippen LogP contribution is -2.35. The highest BCUT2D eigenvalue weighted by atomic mass is 16.5. The van der Waals surface area contributed by atoms with Crippen LogP contribution in [0.5, 0.6) is 0 Å². The summed E-state index contributed by atoms with van der Waals surface area (Å²) in [7, 11) is 1.37. The van der Waals surface area contributed by atoms with Crippen LogP contribution in [-0.2, 0) is 24.1 Å². The Labute approximate surface area is 157 Å². The minimum atomic E-state index is -0.366. The highest BCUT2D eigenvalue weighted by Gasteiger charge is 2.23. The fourth-order valence-electron chi connectivity index (χ4n) is 3.17. The van der Waals surface area contributed by atoms with E-state index in [4.69, 9.17) is 4.74 Å². The number of urea groups is 1. The molecule has 0 aliphatic carbocycles. The molecule has 27 heavy (non-hydrogen) atoms. The number of rotatable bonds is 5. The molecule has 2 heterocycles. The Balaban J connectivity index is 1.56. The van der Waals surface area contributed by atoms with Gasteiger partial charge < -0.3 is 19.9 Å². The number of methoxy groups -OCH3 is 1. The summed E-state index contributed by atoms with van der Waals surface area (Å²) in [5, 5.41) is 13.6. The van der Waals surface area contributed by atoms with E-state index in [1.165, 1.54) is 7.11 Å². The third-order valence-corrected chi connectivity index (χ3v) is 4.52. The molecule has 1 aliphatic rings. The van der Waals surface area contributed by atoms with Crippen molar-refractivity contribution in [3.8, 4) is 0 Å². The quantitative estimate of drug-likeness (QED) is 0.838. The van der Waals surface area contributed by atoms with Gasteiger partial charge in [0.05, 0.1) is 12.8 Å². The van der Waals surface area contributed by atoms with E-state index >= 15 is 0 Å². The molecule has 0 bridgehead atoms. The molecule has 0 saturated carbocycles.